The molecule has 0 unspecified atom stereocenters. The first-order valence-electron chi connectivity index (χ1n) is 23.2. The van der Waals surface area contributed by atoms with Gasteiger partial charge in [0.15, 0.2) is 11.5 Å². The molecule has 8 aromatic rings. The average Bonchev–Trinajstić information content (AvgIpc) is 3.42. The lowest BCUT2D eigenvalue weighted by Crippen LogP contribution is -1.94. The fourth-order valence-electron chi connectivity index (χ4n) is 6.91. The quantitative estimate of drug-likeness (QED) is 0.0570. The van der Waals surface area contributed by atoms with Gasteiger partial charge in [-0.3, -0.25) is 20.0 Å². The summed E-state index contributed by atoms with van der Waals surface area (Å²) in [6, 6.07) is 39.5. The number of phenols is 4. The van der Waals surface area contributed by atoms with Crippen molar-refractivity contribution in [3.8, 4) is 52.6 Å². The summed E-state index contributed by atoms with van der Waals surface area (Å²) in [5.74, 6) is 4.67. The van der Waals surface area contributed by atoms with Crippen LogP contribution in [0.3, 0.4) is 0 Å². The van der Waals surface area contributed by atoms with Crippen molar-refractivity contribution >= 4 is 150 Å². The Kier molecular flexibility index (Phi) is 24.7. The summed E-state index contributed by atoms with van der Waals surface area (Å²) in [5, 5.41) is 40.6. The van der Waals surface area contributed by atoms with Crippen LogP contribution in [-0.2, 0) is 0 Å². The summed E-state index contributed by atoms with van der Waals surface area (Å²) in [6.45, 7) is 7.87. The molecule has 0 atom stereocenters. The minimum Gasteiger partial charge on any atom is -0.506 e. The summed E-state index contributed by atoms with van der Waals surface area (Å²) in [7, 11) is 4.66. The highest BCUT2D eigenvalue weighted by Crippen LogP contribution is 2.41. The highest BCUT2D eigenvalue weighted by molar-refractivity contribution is 14.1. The van der Waals surface area contributed by atoms with Gasteiger partial charge in [-0.15, -0.1) is 6.42 Å². The first-order valence-corrected chi connectivity index (χ1v) is 27.9. The van der Waals surface area contributed by atoms with Crippen LogP contribution in [0.1, 0.15) is 50.1 Å². The lowest BCUT2D eigenvalue weighted by molar-refractivity contribution is 0.324. The van der Waals surface area contributed by atoms with Gasteiger partial charge in [0.1, 0.15) is 28.8 Å². The van der Waals surface area contributed by atoms with Crippen LogP contribution >= 0.6 is 102 Å². The number of phenolic OH excluding ortho intramolecular Hbond substituents is 4. The summed E-state index contributed by atoms with van der Waals surface area (Å²) in [6.07, 6.45) is 11.8. The second-order valence-corrected chi connectivity index (χ2v) is 21.9. The van der Waals surface area contributed by atoms with Gasteiger partial charge in [0.25, 0.3) is 0 Å². The third-order valence-corrected chi connectivity index (χ3v) is 14.2. The molecule has 400 valence electrons. The summed E-state index contributed by atoms with van der Waals surface area (Å²) in [5.41, 5.74) is 10.2. The van der Waals surface area contributed by atoms with Crippen molar-refractivity contribution in [3.63, 3.8) is 0 Å². The first-order chi connectivity index (χ1) is 37.2. The van der Waals surface area contributed by atoms with Gasteiger partial charge in [-0.05, 0) is 243 Å². The van der Waals surface area contributed by atoms with Crippen LogP contribution in [0.15, 0.2) is 153 Å². The predicted molar refractivity (Wildman–Crippen MR) is 350 cm³/mol. The Hall–Kier alpha value is -6.26. The summed E-state index contributed by atoms with van der Waals surface area (Å²) in [4.78, 5) is 17.1. The second-order valence-electron chi connectivity index (χ2n) is 16.8. The molecular formula is C61H52ClFI4N4O7. The zero-order valence-electron chi connectivity index (χ0n) is 43.2. The molecule has 8 aromatic carbocycles. The fourth-order valence-corrected chi connectivity index (χ4v) is 10.2. The molecular weight excluding hydrogens is 1460 g/mol. The van der Waals surface area contributed by atoms with Gasteiger partial charge < -0.3 is 34.6 Å². The van der Waals surface area contributed by atoms with Crippen LogP contribution in [0.5, 0.6) is 40.2 Å². The number of aromatic hydroxyl groups is 4. The molecule has 0 aliphatic carbocycles. The molecule has 0 spiro atoms. The summed E-state index contributed by atoms with van der Waals surface area (Å²) >= 11 is 14.2. The minimum atomic E-state index is -0.379. The normalized spacial score (nSPS) is 10.9. The van der Waals surface area contributed by atoms with E-state index in [-0.39, 0.29) is 34.5 Å². The summed E-state index contributed by atoms with van der Waals surface area (Å²) < 4.78 is 32.4. The number of halogens is 6. The number of rotatable bonds is 11. The fraction of sp³-hybridized carbons (Fsp3) is 0.115. The maximum atomic E-state index is 13.4. The van der Waals surface area contributed by atoms with Gasteiger partial charge in [-0.2, -0.15) is 0 Å². The molecule has 0 radical (unpaired) electrons. The number of para-hydroxylation sites is 1. The largest absolute Gasteiger partial charge is 0.506 e. The average molecular weight is 1520 g/mol. The van der Waals surface area contributed by atoms with Crippen LogP contribution in [0.25, 0.3) is 0 Å². The van der Waals surface area contributed by atoms with Crippen molar-refractivity contribution in [2.24, 2.45) is 20.0 Å². The van der Waals surface area contributed by atoms with Crippen molar-refractivity contribution in [2.45, 2.75) is 27.7 Å². The molecule has 0 aliphatic rings. The smallest absolute Gasteiger partial charge is 0.203 e. The Morgan fingerprint density at radius 3 is 1.27 bits per heavy atom. The van der Waals surface area contributed by atoms with E-state index in [0.29, 0.717) is 50.2 Å². The SMILES string of the molecule is C#Cc1cccc(N=Cc2cc(C)cc(I)c2O)c1.COc1cc(N=Cc2cc(C)cc(I)c2O)cc(OC)c1OC.Cc1cc(I)c(O)c(C=Nc2ccc(Cl)cc2)c1.Cc1cc(I)c(O)c(C=Nc2ccccc2F)c1. The third kappa shape index (κ3) is 18.7. The zero-order chi connectivity index (χ0) is 57.1. The minimum absolute atomic E-state index is 0.168. The topological polar surface area (TPSA) is 158 Å². The van der Waals surface area contributed by atoms with E-state index in [9.17, 15) is 24.8 Å². The zero-order valence-corrected chi connectivity index (χ0v) is 52.5. The molecule has 0 heterocycles. The number of aryl methyl sites for hydroxylation is 4. The van der Waals surface area contributed by atoms with Crippen molar-refractivity contribution in [2.75, 3.05) is 21.3 Å². The van der Waals surface area contributed by atoms with Gasteiger partial charge in [0.05, 0.1) is 58.4 Å². The van der Waals surface area contributed by atoms with Crippen LogP contribution in [0, 0.1) is 60.1 Å². The van der Waals surface area contributed by atoms with Crippen LogP contribution < -0.4 is 14.2 Å². The number of ether oxygens (including phenoxy) is 3. The van der Waals surface area contributed by atoms with Gasteiger partial charge in [-0.1, -0.05) is 35.7 Å². The monoisotopic (exact) mass is 1510 g/mol. The Morgan fingerprint density at radius 2 is 0.872 bits per heavy atom. The number of methoxy groups -OCH3 is 3. The van der Waals surface area contributed by atoms with Crippen molar-refractivity contribution in [3.05, 3.63) is 209 Å². The molecule has 0 fully saturated rings. The predicted octanol–water partition coefficient (Wildman–Crippen LogP) is 17.0. The molecule has 17 heteroatoms. The Morgan fingerprint density at radius 1 is 0.474 bits per heavy atom. The molecule has 0 aromatic heterocycles. The van der Waals surface area contributed by atoms with Crippen molar-refractivity contribution in [1.82, 2.24) is 0 Å². The molecule has 8 rings (SSSR count). The molecule has 0 saturated heterocycles. The maximum absolute atomic E-state index is 13.4. The van der Waals surface area contributed by atoms with E-state index in [1.54, 1.807) is 82.4 Å². The molecule has 4 N–H and O–H groups in total. The number of hydrogen-bond donors (Lipinski definition) is 4. The van der Waals surface area contributed by atoms with E-state index in [1.165, 1.54) is 12.3 Å². The standard InChI is InChI=1S/C17H18INO4.C16H12INO.C14H11ClINO.C14H11FINO/c1-10-5-11(16(20)13(18)6-10)9-19-12-7-14(21-2)17(23-4)15(8-12)22-3;1-3-12-5-4-6-14(9-12)18-10-13-7-11(2)8-15(17)16(13)19;1-9-6-10(14(18)13(16)7-9)8-17-12-4-2-11(15)3-5-12;1-9-6-10(14(18)12(16)7-9)8-17-13-5-3-2-4-11(13)15/h5-9,20H,1-4H3;1,4-10,19H,2H3;2*2-8,18H,1H3. The molecule has 0 aliphatic heterocycles. The second kappa shape index (κ2) is 30.8. The molecule has 0 saturated carbocycles. The van der Waals surface area contributed by atoms with E-state index in [0.717, 1.165) is 53.5 Å². The van der Waals surface area contributed by atoms with E-state index in [1.807, 2.05) is 113 Å². The number of aliphatic imine (C=N–C) groups is 4. The molecule has 78 heavy (non-hydrogen) atoms. The van der Waals surface area contributed by atoms with Crippen LogP contribution in [-0.4, -0.2) is 66.6 Å². The Balaban J connectivity index is 0.000000193. The van der Waals surface area contributed by atoms with Crippen LogP contribution in [0.4, 0.5) is 27.1 Å². The number of nitrogens with zero attached hydrogens (tertiary/aromatic N) is 4. The van der Waals surface area contributed by atoms with E-state index < -0.39 is 0 Å². The highest BCUT2D eigenvalue weighted by Gasteiger charge is 2.14. The molecule has 0 bridgehead atoms. The molecule has 0 amide bonds. The number of terminal acetylenes is 1. The van der Waals surface area contributed by atoms with Crippen molar-refractivity contribution < 1.29 is 39.0 Å². The van der Waals surface area contributed by atoms with Crippen molar-refractivity contribution in [1.29, 1.82) is 0 Å². The first kappa shape index (κ1) is 62.6. The lowest BCUT2D eigenvalue weighted by atomic mass is 10.1. The van der Waals surface area contributed by atoms with Gasteiger partial charge in [-0.25, -0.2) is 4.39 Å². The highest BCUT2D eigenvalue weighted by atomic mass is 127. The van der Waals surface area contributed by atoms with E-state index in [2.05, 4.69) is 116 Å². The Labute approximate surface area is 513 Å². The van der Waals surface area contributed by atoms with Crippen LogP contribution in [0.2, 0.25) is 5.02 Å². The lowest BCUT2D eigenvalue weighted by Gasteiger charge is -2.12. The Bertz CT molecular complexity index is 3540. The third-order valence-electron chi connectivity index (χ3n) is 10.7. The number of hydrogen-bond acceptors (Lipinski definition) is 11. The molecule has 11 nitrogen and oxygen atoms in total. The maximum Gasteiger partial charge on any atom is 0.203 e. The van der Waals surface area contributed by atoms with E-state index in [4.69, 9.17) is 32.2 Å². The van der Waals surface area contributed by atoms with Gasteiger partial charge >= 0.3 is 0 Å². The number of benzene rings is 8. The van der Waals surface area contributed by atoms with E-state index >= 15 is 0 Å². The van der Waals surface area contributed by atoms with Gasteiger partial charge in [0.2, 0.25) is 5.75 Å². The van der Waals surface area contributed by atoms with Gasteiger partial charge in [0, 0.05) is 69.8 Å².